The van der Waals surface area contributed by atoms with Crippen molar-refractivity contribution in [3.05, 3.63) is 29.3 Å². The van der Waals surface area contributed by atoms with Crippen LogP contribution in [0.4, 0.5) is 0 Å². The van der Waals surface area contributed by atoms with Crippen LogP contribution < -0.4 is 10.5 Å². The van der Waals surface area contributed by atoms with Crippen LogP contribution in [0.5, 0.6) is 5.75 Å². The summed E-state index contributed by atoms with van der Waals surface area (Å²) in [6.07, 6.45) is 1.04. The number of hydrogen-bond donors (Lipinski definition) is 1. The van der Waals surface area contributed by atoms with E-state index in [9.17, 15) is 0 Å². The molecule has 0 atom stereocenters. The zero-order valence-corrected chi connectivity index (χ0v) is 11.2. The fraction of sp³-hybridized carbons (Fsp3) is 0.571. The Bertz CT molecular complexity index is 319. The molecule has 96 valence electrons. The number of aryl methyl sites for hydroxylation is 2. The Morgan fingerprint density at radius 1 is 1.12 bits per heavy atom. The molecule has 0 spiro atoms. The summed E-state index contributed by atoms with van der Waals surface area (Å²) >= 11 is 0. The SMILES string of the molecule is Cc1cc(C)cc(OCCN(C)CCCN)c1. The van der Waals surface area contributed by atoms with E-state index in [1.54, 1.807) is 0 Å². The second kappa shape index (κ2) is 7.30. The first-order valence-electron chi connectivity index (χ1n) is 6.21. The maximum absolute atomic E-state index is 5.75. The van der Waals surface area contributed by atoms with E-state index in [2.05, 4.69) is 44.0 Å². The largest absolute Gasteiger partial charge is 0.492 e. The predicted molar refractivity (Wildman–Crippen MR) is 72.6 cm³/mol. The maximum Gasteiger partial charge on any atom is 0.119 e. The van der Waals surface area contributed by atoms with Crippen molar-refractivity contribution >= 4 is 0 Å². The van der Waals surface area contributed by atoms with Crippen molar-refractivity contribution in [3.63, 3.8) is 0 Å². The molecule has 1 aromatic carbocycles. The Morgan fingerprint density at radius 3 is 2.35 bits per heavy atom. The quantitative estimate of drug-likeness (QED) is 0.786. The van der Waals surface area contributed by atoms with E-state index in [0.717, 1.165) is 38.4 Å². The molecule has 0 heterocycles. The van der Waals surface area contributed by atoms with Gasteiger partial charge in [-0.2, -0.15) is 0 Å². The molecule has 0 saturated carbocycles. The molecule has 0 unspecified atom stereocenters. The molecule has 0 aromatic heterocycles. The Kier molecular flexibility index (Phi) is 6.01. The van der Waals surface area contributed by atoms with Gasteiger partial charge in [-0.05, 0) is 63.7 Å². The second-order valence-electron chi connectivity index (χ2n) is 4.62. The molecule has 0 aliphatic rings. The molecular weight excluding hydrogens is 212 g/mol. The van der Waals surface area contributed by atoms with Gasteiger partial charge in [0.15, 0.2) is 0 Å². The lowest BCUT2D eigenvalue weighted by Gasteiger charge is -2.16. The third kappa shape index (κ3) is 5.71. The first kappa shape index (κ1) is 14.0. The van der Waals surface area contributed by atoms with Crippen LogP contribution in [0.2, 0.25) is 0 Å². The molecule has 0 bridgehead atoms. The molecule has 3 nitrogen and oxygen atoms in total. The van der Waals surface area contributed by atoms with Crippen molar-refractivity contribution in [2.45, 2.75) is 20.3 Å². The summed E-state index contributed by atoms with van der Waals surface area (Å²) in [5, 5.41) is 0. The number of nitrogens with two attached hydrogens (primary N) is 1. The minimum absolute atomic E-state index is 0.726. The van der Waals surface area contributed by atoms with Crippen LogP contribution in [0.25, 0.3) is 0 Å². The van der Waals surface area contributed by atoms with Crippen LogP contribution in [0.1, 0.15) is 17.5 Å². The van der Waals surface area contributed by atoms with Gasteiger partial charge in [0.2, 0.25) is 0 Å². The number of likely N-dealkylation sites (N-methyl/N-ethyl adjacent to an activating group) is 1. The average Bonchev–Trinajstić information content (AvgIpc) is 2.25. The fourth-order valence-electron chi connectivity index (χ4n) is 1.81. The highest BCUT2D eigenvalue weighted by Crippen LogP contribution is 2.15. The molecule has 0 saturated heterocycles. The molecule has 17 heavy (non-hydrogen) atoms. The van der Waals surface area contributed by atoms with Gasteiger partial charge in [-0.25, -0.2) is 0 Å². The molecule has 2 N–H and O–H groups in total. The van der Waals surface area contributed by atoms with Crippen molar-refractivity contribution in [1.82, 2.24) is 4.90 Å². The van der Waals surface area contributed by atoms with Crippen molar-refractivity contribution in [2.75, 3.05) is 33.3 Å². The third-order valence-corrected chi connectivity index (χ3v) is 2.68. The van der Waals surface area contributed by atoms with E-state index in [4.69, 9.17) is 10.5 Å². The number of benzene rings is 1. The van der Waals surface area contributed by atoms with Gasteiger partial charge in [0, 0.05) is 6.54 Å². The number of hydrogen-bond acceptors (Lipinski definition) is 3. The van der Waals surface area contributed by atoms with Gasteiger partial charge in [-0.3, -0.25) is 0 Å². The lowest BCUT2D eigenvalue weighted by atomic mass is 10.1. The van der Waals surface area contributed by atoms with E-state index in [1.807, 2.05) is 0 Å². The topological polar surface area (TPSA) is 38.5 Å². The number of nitrogens with zero attached hydrogens (tertiary/aromatic N) is 1. The van der Waals surface area contributed by atoms with Gasteiger partial charge in [0.25, 0.3) is 0 Å². The van der Waals surface area contributed by atoms with Gasteiger partial charge in [-0.15, -0.1) is 0 Å². The zero-order chi connectivity index (χ0) is 12.7. The van der Waals surface area contributed by atoms with Gasteiger partial charge < -0.3 is 15.4 Å². The zero-order valence-electron chi connectivity index (χ0n) is 11.2. The summed E-state index contributed by atoms with van der Waals surface area (Å²) in [6, 6.07) is 6.31. The molecule has 0 fully saturated rings. The summed E-state index contributed by atoms with van der Waals surface area (Å²) in [5.74, 6) is 0.967. The summed E-state index contributed by atoms with van der Waals surface area (Å²) < 4.78 is 5.75. The fourth-order valence-corrected chi connectivity index (χ4v) is 1.81. The van der Waals surface area contributed by atoms with Crippen LogP contribution in [-0.2, 0) is 0 Å². The highest BCUT2D eigenvalue weighted by atomic mass is 16.5. The van der Waals surface area contributed by atoms with E-state index in [0.29, 0.717) is 0 Å². The Hall–Kier alpha value is -1.06. The number of rotatable bonds is 7. The highest BCUT2D eigenvalue weighted by Gasteiger charge is 2.00. The minimum Gasteiger partial charge on any atom is -0.492 e. The van der Waals surface area contributed by atoms with Gasteiger partial charge in [0.1, 0.15) is 12.4 Å². The molecule has 0 amide bonds. The predicted octanol–water partition coefficient (Wildman–Crippen LogP) is 1.96. The molecular formula is C14H24N2O. The standard InChI is InChI=1S/C14H24N2O/c1-12-9-13(2)11-14(10-12)17-8-7-16(3)6-4-5-15/h9-11H,4-8,15H2,1-3H3. The molecule has 1 aromatic rings. The average molecular weight is 236 g/mol. The summed E-state index contributed by atoms with van der Waals surface area (Å²) in [4.78, 5) is 2.25. The van der Waals surface area contributed by atoms with Gasteiger partial charge in [-0.1, -0.05) is 6.07 Å². The second-order valence-corrected chi connectivity index (χ2v) is 4.62. The van der Waals surface area contributed by atoms with E-state index in [-0.39, 0.29) is 0 Å². The van der Waals surface area contributed by atoms with Crippen molar-refractivity contribution in [1.29, 1.82) is 0 Å². The lowest BCUT2D eigenvalue weighted by molar-refractivity contribution is 0.236. The van der Waals surface area contributed by atoms with Crippen molar-refractivity contribution in [2.24, 2.45) is 5.73 Å². The van der Waals surface area contributed by atoms with Crippen molar-refractivity contribution < 1.29 is 4.74 Å². The molecule has 0 aliphatic carbocycles. The summed E-state index contributed by atoms with van der Waals surface area (Å²) in [5.41, 5.74) is 7.97. The summed E-state index contributed by atoms with van der Waals surface area (Å²) in [6.45, 7) is 7.63. The van der Waals surface area contributed by atoms with Crippen LogP contribution in [0, 0.1) is 13.8 Å². The lowest BCUT2D eigenvalue weighted by Crippen LogP contribution is -2.26. The number of ether oxygens (including phenoxy) is 1. The first-order chi connectivity index (χ1) is 8.11. The van der Waals surface area contributed by atoms with E-state index < -0.39 is 0 Å². The van der Waals surface area contributed by atoms with Crippen LogP contribution in [-0.4, -0.2) is 38.2 Å². The van der Waals surface area contributed by atoms with Gasteiger partial charge in [0.05, 0.1) is 0 Å². The molecule has 3 heteroatoms. The van der Waals surface area contributed by atoms with E-state index in [1.165, 1.54) is 11.1 Å². The Morgan fingerprint density at radius 2 is 1.76 bits per heavy atom. The van der Waals surface area contributed by atoms with Crippen LogP contribution in [0.15, 0.2) is 18.2 Å². The van der Waals surface area contributed by atoms with Crippen LogP contribution in [0.3, 0.4) is 0 Å². The minimum atomic E-state index is 0.726. The van der Waals surface area contributed by atoms with E-state index >= 15 is 0 Å². The monoisotopic (exact) mass is 236 g/mol. The Balaban J connectivity index is 2.30. The van der Waals surface area contributed by atoms with Crippen molar-refractivity contribution in [3.8, 4) is 5.75 Å². The maximum atomic E-state index is 5.75. The first-order valence-corrected chi connectivity index (χ1v) is 6.21. The third-order valence-electron chi connectivity index (χ3n) is 2.68. The normalized spacial score (nSPS) is 10.9. The Labute approximate surface area is 105 Å². The van der Waals surface area contributed by atoms with Crippen LogP contribution >= 0.6 is 0 Å². The highest BCUT2D eigenvalue weighted by molar-refractivity contribution is 5.32. The molecule has 1 rings (SSSR count). The molecule has 0 radical (unpaired) electrons. The molecule has 0 aliphatic heterocycles. The summed E-state index contributed by atoms with van der Waals surface area (Å²) in [7, 11) is 2.10. The smallest absolute Gasteiger partial charge is 0.119 e. The van der Waals surface area contributed by atoms with Gasteiger partial charge >= 0.3 is 0 Å².